The fraction of sp³-hybridized carbons (Fsp3) is 0.591. The maximum atomic E-state index is 13.2. The van der Waals surface area contributed by atoms with E-state index in [9.17, 15) is 9.59 Å². The standard InChI is InChI=1S/C22H27N3O5/c1-24(2)7-8-25-21(26)16-13-10-14(17(16)22(25)27)20-18(13)19(23-30-20)12-6-5-11(28-3)9-15(12)29-4/h5-6,9,13-14,16-18,20H,7-8,10H2,1-4H3. The minimum Gasteiger partial charge on any atom is -0.497 e. The van der Waals surface area contributed by atoms with Crippen molar-refractivity contribution >= 4 is 17.5 Å². The smallest absolute Gasteiger partial charge is 0.233 e. The highest BCUT2D eigenvalue weighted by molar-refractivity contribution is 6.09. The number of hydrogen-bond donors (Lipinski definition) is 0. The van der Waals surface area contributed by atoms with Crippen molar-refractivity contribution in [2.45, 2.75) is 12.5 Å². The molecule has 0 spiro atoms. The van der Waals surface area contributed by atoms with E-state index in [-0.39, 0.29) is 47.5 Å². The number of rotatable bonds is 6. The summed E-state index contributed by atoms with van der Waals surface area (Å²) in [5.74, 6) is 0.896. The minimum absolute atomic E-state index is 0.00379. The van der Waals surface area contributed by atoms with Gasteiger partial charge in [0.25, 0.3) is 0 Å². The monoisotopic (exact) mass is 413 g/mol. The molecule has 2 aliphatic carbocycles. The summed E-state index contributed by atoms with van der Waals surface area (Å²) in [6.07, 6.45) is 0.685. The second kappa shape index (κ2) is 6.97. The fourth-order valence-corrected chi connectivity index (χ4v) is 5.94. The number of amides is 2. The van der Waals surface area contributed by atoms with Crippen LogP contribution in [0.2, 0.25) is 0 Å². The Morgan fingerprint density at radius 1 is 1.10 bits per heavy atom. The summed E-state index contributed by atoms with van der Waals surface area (Å²) in [5.41, 5.74) is 1.67. The lowest BCUT2D eigenvalue weighted by molar-refractivity contribution is -0.141. The van der Waals surface area contributed by atoms with Crippen LogP contribution in [0.4, 0.5) is 0 Å². The van der Waals surface area contributed by atoms with Crippen molar-refractivity contribution in [1.29, 1.82) is 0 Å². The molecule has 6 atom stereocenters. The van der Waals surface area contributed by atoms with E-state index in [0.29, 0.717) is 24.6 Å². The summed E-state index contributed by atoms with van der Waals surface area (Å²) < 4.78 is 10.9. The zero-order valence-electron chi connectivity index (χ0n) is 17.7. The number of likely N-dealkylation sites (tertiary alicyclic amines) is 1. The van der Waals surface area contributed by atoms with Crippen molar-refractivity contribution in [2.75, 3.05) is 41.4 Å². The number of benzene rings is 1. The largest absolute Gasteiger partial charge is 0.497 e. The van der Waals surface area contributed by atoms with Crippen molar-refractivity contribution in [2.24, 2.45) is 34.7 Å². The van der Waals surface area contributed by atoms with Crippen LogP contribution >= 0.6 is 0 Å². The minimum atomic E-state index is -0.266. The lowest BCUT2D eigenvalue weighted by Gasteiger charge is -2.30. The first-order valence-corrected chi connectivity index (χ1v) is 10.4. The van der Waals surface area contributed by atoms with Crippen LogP contribution in [0, 0.1) is 29.6 Å². The van der Waals surface area contributed by atoms with Crippen LogP contribution in [0.1, 0.15) is 12.0 Å². The average molecular weight is 413 g/mol. The molecule has 3 fully saturated rings. The van der Waals surface area contributed by atoms with Crippen LogP contribution in [0.15, 0.2) is 23.4 Å². The van der Waals surface area contributed by atoms with E-state index in [1.807, 2.05) is 37.2 Å². The zero-order chi connectivity index (χ0) is 21.2. The van der Waals surface area contributed by atoms with Crippen molar-refractivity contribution in [3.05, 3.63) is 23.8 Å². The third kappa shape index (κ3) is 2.59. The van der Waals surface area contributed by atoms with E-state index in [2.05, 4.69) is 5.16 Å². The van der Waals surface area contributed by atoms with Gasteiger partial charge in [0.2, 0.25) is 11.8 Å². The van der Waals surface area contributed by atoms with Crippen LogP contribution < -0.4 is 9.47 Å². The molecule has 0 aromatic heterocycles. The molecule has 2 heterocycles. The Bertz CT molecular complexity index is 929. The number of imide groups is 1. The van der Waals surface area contributed by atoms with Crippen LogP contribution in [0.5, 0.6) is 11.5 Å². The van der Waals surface area contributed by atoms with E-state index in [1.165, 1.54) is 4.90 Å². The first-order valence-electron chi connectivity index (χ1n) is 10.4. The number of likely N-dealkylation sites (N-methyl/N-ethyl adjacent to an activating group) is 1. The number of hydrogen-bond acceptors (Lipinski definition) is 7. The molecule has 2 saturated carbocycles. The molecular weight excluding hydrogens is 386 g/mol. The third-order valence-electron chi connectivity index (χ3n) is 7.24. The molecule has 1 saturated heterocycles. The van der Waals surface area contributed by atoms with Gasteiger partial charge < -0.3 is 19.2 Å². The van der Waals surface area contributed by atoms with Crippen LogP contribution in [0.3, 0.4) is 0 Å². The number of nitrogens with zero attached hydrogens (tertiary/aromatic N) is 3. The molecule has 0 radical (unpaired) electrons. The average Bonchev–Trinajstić information content (AvgIpc) is 3.47. The van der Waals surface area contributed by atoms with Gasteiger partial charge >= 0.3 is 0 Å². The van der Waals surface area contributed by atoms with E-state index in [1.54, 1.807) is 14.2 Å². The Hall–Kier alpha value is -2.61. The highest BCUT2D eigenvalue weighted by atomic mass is 16.6. The first kappa shape index (κ1) is 19.4. The molecule has 5 rings (SSSR count). The summed E-state index contributed by atoms with van der Waals surface area (Å²) in [7, 11) is 7.11. The number of fused-ring (bicyclic) bond motifs is 8. The third-order valence-corrected chi connectivity index (χ3v) is 7.24. The molecule has 4 aliphatic rings. The van der Waals surface area contributed by atoms with Crippen molar-refractivity contribution in [1.82, 2.24) is 9.80 Å². The molecule has 0 N–H and O–H groups in total. The van der Waals surface area contributed by atoms with E-state index in [4.69, 9.17) is 14.3 Å². The van der Waals surface area contributed by atoms with E-state index < -0.39 is 0 Å². The van der Waals surface area contributed by atoms with E-state index in [0.717, 1.165) is 17.7 Å². The lowest BCUT2D eigenvalue weighted by Crippen LogP contribution is -2.41. The predicted molar refractivity (Wildman–Crippen MR) is 108 cm³/mol. The molecule has 30 heavy (non-hydrogen) atoms. The van der Waals surface area contributed by atoms with Crippen molar-refractivity contribution in [3.63, 3.8) is 0 Å². The second-order valence-electron chi connectivity index (χ2n) is 8.88. The van der Waals surface area contributed by atoms with Crippen LogP contribution in [0.25, 0.3) is 0 Å². The quantitative estimate of drug-likeness (QED) is 0.653. The number of carbonyl (C=O) groups is 2. The van der Waals surface area contributed by atoms with Crippen LogP contribution in [-0.2, 0) is 14.4 Å². The molecular formula is C22H27N3O5. The number of methoxy groups -OCH3 is 2. The summed E-state index contributed by atoms with van der Waals surface area (Å²) in [5, 5.41) is 4.40. The fourth-order valence-electron chi connectivity index (χ4n) is 5.94. The maximum Gasteiger partial charge on any atom is 0.233 e. The van der Waals surface area contributed by atoms with Gasteiger partial charge in [-0.2, -0.15) is 0 Å². The molecule has 2 aliphatic heterocycles. The van der Waals surface area contributed by atoms with Gasteiger partial charge in [-0.05, 0) is 38.6 Å². The summed E-state index contributed by atoms with van der Waals surface area (Å²) in [4.78, 5) is 35.6. The summed E-state index contributed by atoms with van der Waals surface area (Å²) in [6.45, 7) is 1.12. The molecule has 1 aromatic carbocycles. The van der Waals surface area contributed by atoms with Gasteiger partial charge in [-0.1, -0.05) is 5.16 Å². The number of ether oxygens (including phenoxy) is 2. The van der Waals surface area contributed by atoms with Gasteiger partial charge in [-0.25, -0.2) is 0 Å². The Balaban J connectivity index is 1.44. The Kier molecular flexibility index (Phi) is 4.50. The molecule has 2 amide bonds. The maximum absolute atomic E-state index is 13.2. The molecule has 8 heteroatoms. The van der Waals surface area contributed by atoms with Gasteiger partial charge in [0.05, 0.1) is 31.8 Å². The summed E-state index contributed by atoms with van der Waals surface area (Å²) in [6, 6.07) is 5.63. The van der Waals surface area contributed by atoms with Gasteiger partial charge in [0.15, 0.2) is 0 Å². The van der Waals surface area contributed by atoms with Gasteiger partial charge in [0, 0.05) is 36.6 Å². The second-order valence-corrected chi connectivity index (χ2v) is 8.88. The molecule has 1 aromatic rings. The Morgan fingerprint density at radius 2 is 1.83 bits per heavy atom. The highest BCUT2D eigenvalue weighted by Gasteiger charge is 2.70. The SMILES string of the molecule is COc1ccc(C2=NOC3C4CC(C23)C2C(=O)N(CCN(C)C)C(=O)C42)c(OC)c1. The lowest BCUT2D eigenvalue weighted by atomic mass is 9.71. The zero-order valence-corrected chi connectivity index (χ0v) is 17.7. The van der Waals surface area contributed by atoms with Crippen LogP contribution in [-0.4, -0.2) is 74.8 Å². The topological polar surface area (TPSA) is 80.7 Å². The van der Waals surface area contributed by atoms with Crippen molar-refractivity contribution < 1.29 is 23.9 Å². The molecule has 160 valence electrons. The van der Waals surface area contributed by atoms with Gasteiger partial charge in [-0.15, -0.1) is 0 Å². The number of oxime groups is 1. The number of carbonyl (C=O) groups excluding carboxylic acids is 2. The van der Waals surface area contributed by atoms with Gasteiger partial charge in [0.1, 0.15) is 17.6 Å². The predicted octanol–water partition coefficient (Wildman–Crippen LogP) is 1.24. The summed E-state index contributed by atoms with van der Waals surface area (Å²) >= 11 is 0. The van der Waals surface area contributed by atoms with E-state index >= 15 is 0 Å². The van der Waals surface area contributed by atoms with Crippen molar-refractivity contribution in [3.8, 4) is 11.5 Å². The normalized spacial score (nSPS) is 33.6. The molecule has 8 nitrogen and oxygen atoms in total. The Labute approximate surface area is 175 Å². The van der Waals surface area contributed by atoms with Gasteiger partial charge in [-0.3, -0.25) is 14.5 Å². The highest BCUT2D eigenvalue weighted by Crippen LogP contribution is 2.61. The molecule has 6 unspecified atom stereocenters. The molecule has 2 bridgehead atoms. The first-order chi connectivity index (χ1) is 14.5. The Morgan fingerprint density at radius 3 is 2.50 bits per heavy atom.